The number of hydrogen-bond acceptors (Lipinski definition) is 1. The van der Waals surface area contributed by atoms with Crippen molar-refractivity contribution >= 4 is 49.6 Å². The SMILES string of the molecule is CC1(C)c2cc(-c3ccc(N(c4ccccc4)c4ccc5c(c4)c4ccccc4n5-c4ccccc4)cc3)ccc2-c2c1cc(-c1ccccc1)c1ccccc21. The first-order valence-corrected chi connectivity index (χ1v) is 19.9. The number of benzene rings is 9. The second-order valence-electron chi connectivity index (χ2n) is 15.8. The van der Waals surface area contributed by atoms with Crippen molar-refractivity contribution in [1.82, 2.24) is 4.57 Å². The standard InChI is InChI=1S/C55H40N2/c1-55(2)50-34-39(28-32-47(50)54-46-24-13-12-22-44(46)48(36-51(54)55)38-16-6-3-7-17-38)37-26-29-42(30-27-37)56(40-18-8-4-9-19-40)43-31-33-53-49(35-43)45-23-14-15-25-52(45)57(53)41-20-10-5-11-21-41/h3-36H,1-2H3. The van der Waals surface area contributed by atoms with Gasteiger partial charge in [0.15, 0.2) is 0 Å². The van der Waals surface area contributed by atoms with Crippen molar-refractivity contribution in [3.05, 3.63) is 217 Å². The predicted octanol–water partition coefficient (Wildman–Crippen LogP) is 15.0. The summed E-state index contributed by atoms with van der Waals surface area (Å²) >= 11 is 0. The molecule has 1 aliphatic carbocycles. The van der Waals surface area contributed by atoms with Gasteiger partial charge in [-0.1, -0.05) is 147 Å². The van der Waals surface area contributed by atoms with E-state index >= 15 is 0 Å². The first kappa shape index (κ1) is 33.2. The van der Waals surface area contributed by atoms with Crippen LogP contribution in [0.2, 0.25) is 0 Å². The molecule has 0 aliphatic heterocycles. The molecule has 0 radical (unpaired) electrons. The molecule has 1 aromatic heterocycles. The lowest BCUT2D eigenvalue weighted by molar-refractivity contribution is 0.661. The topological polar surface area (TPSA) is 8.17 Å². The Kier molecular flexibility index (Phi) is 7.55. The van der Waals surface area contributed by atoms with Gasteiger partial charge in [0.05, 0.1) is 11.0 Å². The van der Waals surface area contributed by atoms with Gasteiger partial charge in [0, 0.05) is 38.9 Å². The average Bonchev–Trinajstić information content (AvgIpc) is 3.72. The van der Waals surface area contributed by atoms with Gasteiger partial charge in [-0.3, -0.25) is 0 Å². The van der Waals surface area contributed by atoms with Crippen molar-refractivity contribution in [3.63, 3.8) is 0 Å². The van der Waals surface area contributed by atoms with Crippen LogP contribution in [-0.2, 0) is 5.41 Å². The van der Waals surface area contributed by atoms with E-state index in [0.717, 1.165) is 22.7 Å². The molecule has 0 spiro atoms. The van der Waals surface area contributed by atoms with Crippen LogP contribution in [0.5, 0.6) is 0 Å². The smallest absolute Gasteiger partial charge is 0.0542 e. The molecule has 0 fully saturated rings. The molecule has 9 aromatic carbocycles. The van der Waals surface area contributed by atoms with E-state index in [9.17, 15) is 0 Å². The van der Waals surface area contributed by atoms with E-state index in [2.05, 4.69) is 230 Å². The number of fused-ring (bicyclic) bond motifs is 8. The van der Waals surface area contributed by atoms with Gasteiger partial charge in [0.1, 0.15) is 0 Å². The van der Waals surface area contributed by atoms with Crippen LogP contribution in [-0.4, -0.2) is 4.57 Å². The molecule has 0 unspecified atom stereocenters. The Morgan fingerprint density at radius 3 is 1.70 bits per heavy atom. The summed E-state index contributed by atoms with van der Waals surface area (Å²) in [5, 5.41) is 5.10. The summed E-state index contributed by atoms with van der Waals surface area (Å²) in [6, 6.07) is 75.4. The number of rotatable bonds is 6. The summed E-state index contributed by atoms with van der Waals surface area (Å²) in [7, 11) is 0. The number of anilines is 3. The third-order valence-electron chi connectivity index (χ3n) is 12.2. The van der Waals surface area contributed by atoms with Gasteiger partial charge in [-0.05, 0) is 128 Å². The van der Waals surface area contributed by atoms with Gasteiger partial charge in [-0.2, -0.15) is 0 Å². The highest BCUT2D eigenvalue weighted by Gasteiger charge is 2.37. The Morgan fingerprint density at radius 2 is 0.947 bits per heavy atom. The van der Waals surface area contributed by atoms with E-state index in [0.29, 0.717) is 0 Å². The van der Waals surface area contributed by atoms with Crippen molar-refractivity contribution in [2.75, 3.05) is 4.90 Å². The van der Waals surface area contributed by atoms with Crippen LogP contribution in [0.4, 0.5) is 17.1 Å². The Morgan fingerprint density at radius 1 is 0.368 bits per heavy atom. The number of hydrogen-bond donors (Lipinski definition) is 0. The summed E-state index contributed by atoms with van der Waals surface area (Å²) < 4.78 is 2.37. The third kappa shape index (κ3) is 5.25. The van der Waals surface area contributed by atoms with Crippen molar-refractivity contribution in [3.8, 4) is 39.1 Å². The summed E-state index contributed by atoms with van der Waals surface area (Å²) in [5.41, 5.74) is 17.2. The molecule has 0 N–H and O–H groups in total. The molecular formula is C55H40N2. The Bertz CT molecular complexity index is 3120. The Labute approximate surface area is 333 Å². The van der Waals surface area contributed by atoms with Gasteiger partial charge < -0.3 is 9.47 Å². The third-order valence-corrected chi connectivity index (χ3v) is 12.2. The van der Waals surface area contributed by atoms with E-state index in [4.69, 9.17) is 0 Å². The van der Waals surface area contributed by atoms with Crippen LogP contribution in [0.1, 0.15) is 25.0 Å². The molecule has 270 valence electrons. The largest absolute Gasteiger partial charge is 0.310 e. The van der Waals surface area contributed by atoms with Crippen molar-refractivity contribution in [2.45, 2.75) is 19.3 Å². The maximum absolute atomic E-state index is 2.45. The van der Waals surface area contributed by atoms with Crippen LogP contribution < -0.4 is 4.90 Å². The minimum atomic E-state index is -0.152. The normalized spacial score (nSPS) is 12.9. The van der Waals surface area contributed by atoms with Crippen LogP contribution in [0.25, 0.3) is 71.6 Å². The zero-order valence-electron chi connectivity index (χ0n) is 32.0. The molecule has 1 heterocycles. The van der Waals surface area contributed by atoms with Gasteiger partial charge >= 0.3 is 0 Å². The molecule has 2 nitrogen and oxygen atoms in total. The highest BCUT2D eigenvalue weighted by atomic mass is 15.1. The lowest BCUT2D eigenvalue weighted by atomic mass is 9.80. The lowest BCUT2D eigenvalue weighted by Gasteiger charge is -2.26. The van der Waals surface area contributed by atoms with Crippen LogP contribution in [0.15, 0.2) is 206 Å². The number of para-hydroxylation sites is 3. The minimum absolute atomic E-state index is 0.152. The maximum Gasteiger partial charge on any atom is 0.0542 e. The van der Waals surface area contributed by atoms with Crippen LogP contribution >= 0.6 is 0 Å². The lowest BCUT2D eigenvalue weighted by Crippen LogP contribution is -2.15. The van der Waals surface area contributed by atoms with E-state index in [-0.39, 0.29) is 5.41 Å². The van der Waals surface area contributed by atoms with Crippen molar-refractivity contribution in [2.24, 2.45) is 0 Å². The van der Waals surface area contributed by atoms with E-state index < -0.39 is 0 Å². The molecule has 0 saturated carbocycles. The molecule has 0 amide bonds. The van der Waals surface area contributed by atoms with E-state index in [1.807, 2.05) is 0 Å². The molecule has 57 heavy (non-hydrogen) atoms. The number of nitrogens with zero attached hydrogens (tertiary/aromatic N) is 2. The maximum atomic E-state index is 2.45. The Hall–Kier alpha value is -7.16. The summed E-state index contributed by atoms with van der Waals surface area (Å²) in [6.07, 6.45) is 0. The molecule has 0 atom stereocenters. The predicted molar refractivity (Wildman–Crippen MR) is 241 cm³/mol. The van der Waals surface area contributed by atoms with E-state index in [1.165, 1.54) is 77.1 Å². The summed E-state index contributed by atoms with van der Waals surface area (Å²) in [6.45, 7) is 4.78. The van der Waals surface area contributed by atoms with Gasteiger partial charge in [-0.15, -0.1) is 0 Å². The van der Waals surface area contributed by atoms with E-state index in [1.54, 1.807) is 0 Å². The zero-order chi connectivity index (χ0) is 38.1. The first-order chi connectivity index (χ1) is 28.0. The monoisotopic (exact) mass is 728 g/mol. The summed E-state index contributed by atoms with van der Waals surface area (Å²) in [5.74, 6) is 0. The number of aromatic nitrogens is 1. The fourth-order valence-corrected chi connectivity index (χ4v) is 9.40. The van der Waals surface area contributed by atoms with Gasteiger partial charge in [0.2, 0.25) is 0 Å². The summed E-state index contributed by atoms with van der Waals surface area (Å²) in [4.78, 5) is 2.37. The molecule has 0 saturated heterocycles. The quantitative estimate of drug-likeness (QED) is 0.165. The van der Waals surface area contributed by atoms with Crippen LogP contribution in [0.3, 0.4) is 0 Å². The van der Waals surface area contributed by atoms with Crippen molar-refractivity contribution < 1.29 is 0 Å². The molecular weight excluding hydrogens is 689 g/mol. The van der Waals surface area contributed by atoms with Gasteiger partial charge in [0.25, 0.3) is 0 Å². The molecule has 2 heteroatoms. The van der Waals surface area contributed by atoms with Crippen LogP contribution in [0, 0.1) is 0 Å². The van der Waals surface area contributed by atoms with Crippen molar-refractivity contribution in [1.29, 1.82) is 0 Å². The fourth-order valence-electron chi connectivity index (χ4n) is 9.40. The second-order valence-corrected chi connectivity index (χ2v) is 15.8. The molecule has 10 aromatic rings. The fraction of sp³-hybridized carbons (Fsp3) is 0.0545. The molecule has 0 bridgehead atoms. The Balaban J connectivity index is 0.998. The zero-order valence-corrected chi connectivity index (χ0v) is 32.0. The minimum Gasteiger partial charge on any atom is -0.310 e. The van der Waals surface area contributed by atoms with Gasteiger partial charge in [-0.25, -0.2) is 0 Å². The molecule has 11 rings (SSSR count). The highest BCUT2D eigenvalue weighted by molar-refractivity contribution is 6.11. The second kappa shape index (κ2) is 13.0. The highest BCUT2D eigenvalue weighted by Crippen LogP contribution is 2.54. The average molecular weight is 729 g/mol. The first-order valence-electron chi connectivity index (χ1n) is 19.9. The molecule has 1 aliphatic rings.